The molecule has 1 saturated carbocycles. The van der Waals surface area contributed by atoms with Crippen LogP contribution >= 0.6 is 11.3 Å². The van der Waals surface area contributed by atoms with Crippen molar-refractivity contribution in [3.05, 3.63) is 41.5 Å². The third-order valence-electron chi connectivity index (χ3n) is 5.05. The quantitative estimate of drug-likeness (QED) is 0.693. The van der Waals surface area contributed by atoms with Crippen molar-refractivity contribution in [3.63, 3.8) is 0 Å². The number of rotatable bonds is 4. The molecule has 1 aromatic carbocycles. The molecule has 25 heavy (non-hydrogen) atoms. The Hall–Kier alpha value is -2.14. The normalized spacial score (nSPS) is 15.6. The molecule has 4 rings (SSSR count). The van der Waals surface area contributed by atoms with E-state index in [1.807, 2.05) is 24.3 Å². The van der Waals surface area contributed by atoms with Crippen molar-refractivity contribution in [1.29, 1.82) is 0 Å². The van der Waals surface area contributed by atoms with Gasteiger partial charge in [0.25, 0.3) is 0 Å². The molecule has 2 heterocycles. The van der Waals surface area contributed by atoms with E-state index in [1.54, 1.807) is 11.3 Å². The number of thiazole rings is 1. The molecule has 4 nitrogen and oxygen atoms in total. The minimum Gasteiger partial charge on any atom is -0.326 e. The second-order valence-corrected chi connectivity index (χ2v) is 7.83. The highest BCUT2D eigenvalue weighted by atomic mass is 32.1. The number of fused-ring (bicyclic) bond motifs is 1. The number of carbonyl (C=O) groups excluding carboxylic acids is 1. The van der Waals surface area contributed by atoms with Gasteiger partial charge in [0, 0.05) is 34.9 Å². The molecule has 0 radical (unpaired) electrons. The molecular formula is C20H23N3OS. The molecule has 0 spiro atoms. The average molecular weight is 353 g/mol. The van der Waals surface area contributed by atoms with Gasteiger partial charge in [0.2, 0.25) is 5.91 Å². The largest absolute Gasteiger partial charge is 0.326 e. The first-order valence-corrected chi connectivity index (χ1v) is 9.90. The van der Waals surface area contributed by atoms with Crippen molar-refractivity contribution in [2.45, 2.75) is 45.4 Å². The van der Waals surface area contributed by atoms with Crippen molar-refractivity contribution < 1.29 is 4.79 Å². The smallest absolute Gasteiger partial charge is 0.224 e. The molecule has 1 amide bonds. The van der Waals surface area contributed by atoms with Crippen LogP contribution in [0.15, 0.2) is 35.8 Å². The maximum atomic E-state index is 12.2. The van der Waals surface area contributed by atoms with Crippen LogP contribution in [-0.2, 0) is 4.79 Å². The fourth-order valence-corrected chi connectivity index (χ4v) is 4.47. The fourth-order valence-electron chi connectivity index (χ4n) is 3.62. The Morgan fingerprint density at radius 2 is 2.00 bits per heavy atom. The van der Waals surface area contributed by atoms with Gasteiger partial charge in [0.05, 0.1) is 5.69 Å². The van der Waals surface area contributed by atoms with Crippen LogP contribution in [0.4, 0.5) is 5.69 Å². The zero-order chi connectivity index (χ0) is 17.2. The first kappa shape index (κ1) is 16.3. The molecule has 3 aromatic rings. The second-order valence-electron chi connectivity index (χ2n) is 6.99. The van der Waals surface area contributed by atoms with Crippen molar-refractivity contribution in [3.8, 4) is 11.3 Å². The fraction of sp³-hybridized carbons (Fsp3) is 0.400. The lowest BCUT2D eigenvalue weighted by atomic mass is 9.87. The van der Waals surface area contributed by atoms with Crippen LogP contribution in [0.1, 0.15) is 44.2 Å². The molecule has 0 saturated heterocycles. The molecule has 1 aliphatic rings. The van der Waals surface area contributed by atoms with E-state index >= 15 is 0 Å². The van der Waals surface area contributed by atoms with Crippen molar-refractivity contribution in [2.24, 2.45) is 5.92 Å². The van der Waals surface area contributed by atoms with Crippen LogP contribution in [0.25, 0.3) is 16.2 Å². The number of imidazole rings is 1. The molecule has 1 aliphatic carbocycles. The van der Waals surface area contributed by atoms with Gasteiger partial charge in [-0.3, -0.25) is 9.20 Å². The number of anilines is 1. The number of carbonyl (C=O) groups is 1. The third kappa shape index (κ3) is 3.61. The number of aromatic nitrogens is 2. The van der Waals surface area contributed by atoms with E-state index in [0.717, 1.165) is 21.9 Å². The molecule has 0 atom stereocenters. The molecular weight excluding hydrogens is 330 g/mol. The number of nitrogens with one attached hydrogen (secondary N) is 1. The maximum Gasteiger partial charge on any atom is 0.224 e. The third-order valence-corrected chi connectivity index (χ3v) is 6.01. The summed E-state index contributed by atoms with van der Waals surface area (Å²) in [4.78, 5) is 17.9. The van der Waals surface area contributed by atoms with Crippen LogP contribution in [0.2, 0.25) is 0 Å². The summed E-state index contributed by atoms with van der Waals surface area (Å²) in [5.74, 6) is 0.701. The lowest BCUT2D eigenvalue weighted by Crippen LogP contribution is -2.18. The highest BCUT2D eigenvalue weighted by molar-refractivity contribution is 7.15. The Kier molecular flexibility index (Phi) is 4.57. The minimum absolute atomic E-state index is 0.137. The number of aryl methyl sites for hydroxylation is 1. The van der Waals surface area contributed by atoms with Crippen LogP contribution in [0.3, 0.4) is 0 Å². The summed E-state index contributed by atoms with van der Waals surface area (Å²) >= 11 is 1.65. The van der Waals surface area contributed by atoms with E-state index in [0.29, 0.717) is 12.3 Å². The van der Waals surface area contributed by atoms with Gasteiger partial charge < -0.3 is 5.32 Å². The van der Waals surface area contributed by atoms with Gasteiger partial charge in [-0.15, -0.1) is 11.3 Å². The first-order valence-electron chi connectivity index (χ1n) is 9.02. The molecule has 0 unspecified atom stereocenters. The topological polar surface area (TPSA) is 46.4 Å². The lowest BCUT2D eigenvalue weighted by molar-refractivity contribution is -0.117. The minimum atomic E-state index is 0.137. The maximum absolute atomic E-state index is 12.2. The van der Waals surface area contributed by atoms with Crippen molar-refractivity contribution in [2.75, 3.05) is 5.32 Å². The van der Waals surface area contributed by atoms with Gasteiger partial charge in [-0.1, -0.05) is 31.4 Å². The van der Waals surface area contributed by atoms with Crippen molar-refractivity contribution in [1.82, 2.24) is 9.38 Å². The summed E-state index contributed by atoms with van der Waals surface area (Å²) < 4.78 is 2.11. The number of hydrogen-bond acceptors (Lipinski definition) is 3. The van der Waals surface area contributed by atoms with Crippen LogP contribution < -0.4 is 5.32 Å². The zero-order valence-electron chi connectivity index (χ0n) is 14.5. The van der Waals surface area contributed by atoms with Gasteiger partial charge in [-0.2, -0.15) is 0 Å². The van der Waals surface area contributed by atoms with Crippen LogP contribution in [0, 0.1) is 12.8 Å². The number of benzene rings is 1. The molecule has 2 aromatic heterocycles. The molecule has 0 aliphatic heterocycles. The molecule has 5 heteroatoms. The Balaban J connectivity index is 1.41. The van der Waals surface area contributed by atoms with Crippen molar-refractivity contribution >= 4 is 27.9 Å². The predicted molar refractivity (Wildman–Crippen MR) is 103 cm³/mol. The Bertz CT molecular complexity index is 872. The second kappa shape index (κ2) is 7.00. The Morgan fingerprint density at radius 3 is 2.72 bits per heavy atom. The van der Waals surface area contributed by atoms with Gasteiger partial charge in [-0.25, -0.2) is 4.98 Å². The predicted octanol–water partition coefficient (Wildman–Crippen LogP) is 5.28. The number of hydrogen-bond donors (Lipinski definition) is 1. The van der Waals surface area contributed by atoms with Gasteiger partial charge in [-0.05, 0) is 37.8 Å². The molecule has 0 bridgehead atoms. The van der Waals surface area contributed by atoms with Gasteiger partial charge >= 0.3 is 0 Å². The van der Waals surface area contributed by atoms with E-state index < -0.39 is 0 Å². The summed E-state index contributed by atoms with van der Waals surface area (Å²) in [5.41, 5.74) is 4.10. The molecule has 1 N–H and O–H groups in total. The first-order chi connectivity index (χ1) is 12.2. The van der Waals surface area contributed by atoms with E-state index in [4.69, 9.17) is 0 Å². The monoisotopic (exact) mass is 353 g/mol. The highest BCUT2D eigenvalue weighted by Gasteiger charge is 2.17. The SMILES string of the molecule is Cc1csc2nc(-c3ccc(NC(=O)CC4CCCCC4)cc3)cn12. The van der Waals surface area contributed by atoms with Gasteiger partial charge in [0.1, 0.15) is 0 Å². The van der Waals surface area contributed by atoms with E-state index in [2.05, 4.69) is 33.2 Å². The number of amides is 1. The van der Waals surface area contributed by atoms with E-state index in [-0.39, 0.29) is 5.91 Å². The summed E-state index contributed by atoms with van der Waals surface area (Å²) in [6, 6.07) is 7.98. The average Bonchev–Trinajstić information content (AvgIpc) is 3.19. The number of nitrogens with zero attached hydrogens (tertiary/aromatic N) is 2. The standard InChI is InChI=1S/C20H23N3OS/c1-14-13-25-20-22-18(12-23(14)20)16-7-9-17(10-8-16)21-19(24)11-15-5-3-2-4-6-15/h7-10,12-13,15H,2-6,11H2,1H3,(H,21,24). The van der Waals surface area contributed by atoms with Crippen LogP contribution in [-0.4, -0.2) is 15.3 Å². The Morgan fingerprint density at radius 1 is 1.24 bits per heavy atom. The summed E-state index contributed by atoms with van der Waals surface area (Å²) in [5, 5.41) is 5.14. The summed E-state index contributed by atoms with van der Waals surface area (Å²) in [6.07, 6.45) is 8.98. The lowest BCUT2D eigenvalue weighted by Gasteiger charge is -2.20. The summed E-state index contributed by atoms with van der Waals surface area (Å²) in [7, 11) is 0. The summed E-state index contributed by atoms with van der Waals surface area (Å²) in [6.45, 7) is 2.08. The van der Waals surface area contributed by atoms with Gasteiger partial charge in [0.15, 0.2) is 4.96 Å². The molecule has 130 valence electrons. The van der Waals surface area contributed by atoms with E-state index in [9.17, 15) is 4.79 Å². The van der Waals surface area contributed by atoms with Crippen LogP contribution in [0.5, 0.6) is 0 Å². The molecule has 1 fully saturated rings. The highest BCUT2D eigenvalue weighted by Crippen LogP contribution is 2.27. The zero-order valence-corrected chi connectivity index (χ0v) is 15.3. The van der Waals surface area contributed by atoms with E-state index in [1.165, 1.54) is 37.8 Å². The Labute approximate surface area is 151 Å².